The van der Waals surface area contributed by atoms with E-state index in [1.165, 1.54) is 0 Å². The Balaban J connectivity index is 1.60. The quantitative estimate of drug-likeness (QED) is 0.554. The van der Waals surface area contributed by atoms with Crippen LogP contribution in [0.4, 0.5) is 0 Å². The Kier molecular flexibility index (Phi) is 8.53. The van der Waals surface area contributed by atoms with Crippen LogP contribution >= 0.6 is 0 Å². The fraction of sp³-hybridized carbons (Fsp3) is 0.273. The van der Waals surface area contributed by atoms with Crippen LogP contribution in [-0.2, 0) is 27.4 Å². The second kappa shape index (κ2) is 11.2. The van der Waals surface area contributed by atoms with Gasteiger partial charge in [-0.1, -0.05) is 60.7 Å². The van der Waals surface area contributed by atoms with Crippen LogP contribution in [0.5, 0.6) is 0 Å². The number of benzene rings is 2. The monoisotopic (exact) mass is 338 g/mol. The molecular formula is C22H26O3. The fourth-order valence-electron chi connectivity index (χ4n) is 2.07. The molecule has 2 atom stereocenters. The highest BCUT2D eigenvalue weighted by Crippen LogP contribution is 2.05. The molecule has 0 heterocycles. The Morgan fingerprint density at radius 1 is 0.680 bits per heavy atom. The van der Waals surface area contributed by atoms with Crippen molar-refractivity contribution in [1.29, 1.82) is 0 Å². The molecule has 0 aliphatic carbocycles. The molecule has 25 heavy (non-hydrogen) atoms. The molecule has 3 nitrogen and oxygen atoms in total. The van der Waals surface area contributed by atoms with Gasteiger partial charge >= 0.3 is 0 Å². The molecule has 0 radical (unpaired) electrons. The van der Waals surface area contributed by atoms with E-state index in [9.17, 15) is 0 Å². The topological polar surface area (TPSA) is 27.7 Å². The van der Waals surface area contributed by atoms with E-state index in [4.69, 9.17) is 14.2 Å². The summed E-state index contributed by atoms with van der Waals surface area (Å²) in [6.45, 7) is 5.15. The molecule has 0 amide bonds. The Labute approximate surface area is 150 Å². The summed E-state index contributed by atoms with van der Waals surface area (Å²) in [5.41, 5.74) is 2.32. The second-order valence-corrected chi connectivity index (χ2v) is 5.80. The van der Waals surface area contributed by atoms with Gasteiger partial charge in [-0.05, 0) is 37.1 Å². The Morgan fingerprint density at radius 2 is 1.08 bits per heavy atom. The average Bonchev–Trinajstić information content (AvgIpc) is 2.66. The van der Waals surface area contributed by atoms with Gasteiger partial charge in [-0.2, -0.15) is 0 Å². The standard InChI is InChI=1S/C22H26O3/c1-19(24-17-21-9-5-3-6-10-21)13-15-23-16-14-20(2)25-18-22-11-7-4-8-12-22/h3-16,19-20H,17-18H2,1-2H3. The lowest BCUT2D eigenvalue weighted by Gasteiger charge is -2.09. The second-order valence-electron chi connectivity index (χ2n) is 5.80. The molecule has 0 aliphatic heterocycles. The summed E-state index contributed by atoms with van der Waals surface area (Å²) in [6, 6.07) is 20.2. The van der Waals surface area contributed by atoms with Crippen molar-refractivity contribution in [2.24, 2.45) is 0 Å². The van der Waals surface area contributed by atoms with E-state index in [0.29, 0.717) is 13.2 Å². The molecule has 0 saturated heterocycles. The predicted molar refractivity (Wildman–Crippen MR) is 101 cm³/mol. The lowest BCUT2D eigenvalue weighted by atomic mass is 10.2. The van der Waals surface area contributed by atoms with Crippen LogP contribution in [0.2, 0.25) is 0 Å². The van der Waals surface area contributed by atoms with Crippen molar-refractivity contribution >= 4 is 0 Å². The minimum Gasteiger partial charge on any atom is -0.473 e. The summed E-state index contributed by atoms with van der Waals surface area (Å²) >= 11 is 0. The van der Waals surface area contributed by atoms with E-state index < -0.39 is 0 Å². The lowest BCUT2D eigenvalue weighted by Crippen LogP contribution is -2.05. The van der Waals surface area contributed by atoms with Crippen LogP contribution < -0.4 is 0 Å². The number of ether oxygens (including phenoxy) is 3. The molecule has 2 aromatic carbocycles. The van der Waals surface area contributed by atoms with Crippen molar-refractivity contribution in [3.05, 3.63) is 96.5 Å². The maximum atomic E-state index is 5.73. The largest absolute Gasteiger partial charge is 0.473 e. The van der Waals surface area contributed by atoms with Crippen molar-refractivity contribution < 1.29 is 14.2 Å². The van der Waals surface area contributed by atoms with Crippen molar-refractivity contribution in [3.8, 4) is 0 Å². The summed E-state index contributed by atoms with van der Waals surface area (Å²) < 4.78 is 16.8. The molecule has 0 aromatic heterocycles. The minimum atomic E-state index is -0.0136. The van der Waals surface area contributed by atoms with Gasteiger partial charge in [0, 0.05) is 0 Å². The zero-order chi connectivity index (χ0) is 17.7. The first-order valence-corrected chi connectivity index (χ1v) is 8.54. The molecule has 0 fully saturated rings. The first-order chi connectivity index (χ1) is 12.2. The summed E-state index contributed by atoms with van der Waals surface area (Å²) in [5, 5.41) is 0. The maximum Gasteiger partial charge on any atom is 0.0887 e. The average molecular weight is 338 g/mol. The molecule has 0 aliphatic rings. The first kappa shape index (κ1) is 19.0. The van der Waals surface area contributed by atoms with E-state index in [1.807, 2.05) is 86.7 Å². The van der Waals surface area contributed by atoms with Crippen molar-refractivity contribution in [3.63, 3.8) is 0 Å². The van der Waals surface area contributed by atoms with Crippen molar-refractivity contribution in [2.45, 2.75) is 39.3 Å². The summed E-state index contributed by atoms with van der Waals surface area (Å²) in [5.74, 6) is 0. The molecule has 0 spiro atoms. The Morgan fingerprint density at radius 3 is 1.48 bits per heavy atom. The van der Waals surface area contributed by atoms with Crippen LogP contribution in [0.25, 0.3) is 0 Å². The highest BCUT2D eigenvalue weighted by Gasteiger charge is 1.99. The molecule has 2 unspecified atom stereocenters. The van der Waals surface area contributed by atoms with Crippen LogP contribution in [-0.4, -0.2) is 12.2 Å². The van der Waals surface area contributed by atoms with Crippen LogP contribution in [0.1, 0.15) is 25.0 Å². The van der Waals surface area contributed by atoms with Gasteiger partial charge in [0.15, 0.2) is 0 Å². The van der Waals surface area contributed by atoms with Crippen LogP contribution in [0.3, 0.4) is 0 Å². The van der Waals surface area contributed by atoms with Gasteiger partial charge in [-0.25, -0.2) is 0 Å². The van der Waals surface area contributed by atoms with Crippen molar-refractivity contribution in [1.82, 2.24) is 0 Å². The number of rotatable bonds is 10. The SMILES string of the molecule is CC(C=COC=CC(C)OCc1ccccc1)OCc1ccccc1. The fourth-order valence-corrected chi connectivity index (χ4v) is 2.07. The zero-order valence-corrected chi connectivity index (χ0v) is 14.9. The zero-order valence-electron chi connectivity index (χ0n) is 14.9. The minimum absolute atomic E-state index is 0.0136. The van der Waals surface area contributed by atoms with Crippen molar-refractivity contribution in [2.75, 3.05) is 0 Å². The molecule has 132 valence electrons. The molecule has 2 rings (SSSR count). The van der Waals surface area contributed by atoms with E-state index in [0.717, 1.165) is 11.1 Å². The third-order valence-corrected chi connectivity index (χ3v) is 3.57. The third-order valence-electron chi connectivity index (χ3n) is 3.57. The van der Waals surface area contributed by atoms with E-state index >= 15 is 0 Å². The van der Waals surface area contributed by atoms with Gasteiger partial charge in [-0.3, -0.25) is 0 Å². The summed E-state index contributed by atoms with van der Waals surface area (Å²) in [4.78, 5) is 0. The lowest BCUT2D eigenvalue weighted by molar-refractivity contribution is 0.0811. The van der Waals surface area contributed by atoms with Crippen LogP contribution in [0.15, 0.2) is 85.3 Å². The van der Waals surface area contributed by atoms with E-state index in [-0.39, 0.29) is 12.2 Å². The molecular weight excluding hydrogens is 312 g/mol. The van der Waals surface area contributed by atoms with Gasteiger partial charge in [-0.15, -0.1) is 0 Å². The third kappa shape index (κ3) is 8.34. The number of hydrogen-bond acceptors (Lipinski definition) is 3. The first-order valence-electron chi connectivity index (χ1n) is 8.54. The molecule has 0 bridgehead atoms. The Bertz CT molecular complexity index is 577. The maximum absolute atomic E-state index is 5.73. The predicted octanol–water partition coefficient (Wildman–Crippen LogP) is 5.24. The van der Waals surface area contributed by atoms with Gasteiger partial charge in [0.05, 0.1) is 37.9 Å². The summed E-state index contributed by atoms with van der Waals surface area (Å²) in [7, 11) is 0. The van der Waals surface area contributed by atoms with Crippen LogP contribution in [0, 0.1) is 0 Å². The van der Waals surface area contributed by atoms with Gasteiger partial charge in [0.2, 0.25) is 0 Å². The number of hydrogen-bond donors (Lipinski definition) is 0. The highest BCUT2D eigenvalue weighted by molar-refractivity contribution is 5.14. The smallest absolute Gasteiger partial charge is 0.0887 e. The van der Waals surface area contributed by atoms with E-state index in [1.54, 1.807) is 12.5 Å². The highest BCUT2D eigenvalue weighted by atomic mass is 16.5. The molecule has 2 aromatic rings. The Hall–Kier alpha value is -2.36. The van der Waals surface area contributed by atoms with Gasteiger partial charge in [0.1, 0.15) is 0 Å². The molecule has 0 saturated carbocycles. The normalized spacial score (nSPS) is 14.0. The van der Waals surface area contributed by atoms with Gasteiger partial charge in [0.25, 0.3) is 0 Å². The summed E-state index contributed by atoms with van der Waals surface area (Å²) in [6.07, 6.45) is 7.00. The molecule has 3 heteroatoms. The van der Waals surface area contributed by atoms with E-state index in [2.05, 4.69) is 0 Å². The van der Waals surface area contributed by atoms with Gasteiger partial charge < -0.3 is 14.2 Å². The molecule has 0 N–H and O–H groups in total.